The predicted molar refractivity (Wildman–Crippen MR) is 62.2 cm³/mol. The monoisotopic (exact) mass is 234 g/mol. The lowest BCUT2D eigenvalue weighted by atomic mass is 10.0. The molecule has 2 amide bonds. The average molecular weight is 234 g/mol. The molecule has 0 bridgehead atoms. The largest absolute Gasteiger partial charge is 0.508 e. The number of phenolic OH excluding ortho intramolecular Hbond substituents is 1. The Balaban J connectivity index is 1.85. The van der Waals surface area contributed by atoms with Crippen molar-refractivity contribution in [1.82, 2.24) is 5.32 Å². The van der Waals surface area contributed by atoms with Gasteiger partial charge in [-0.3, -0.25) is 4.90 Å². The maximum Gasteiger partial charge on any atom is 0.322 e. The van der Waals surface area contributed by atoms with Crippen LogP contribution in [-0.2, 0) is 4.74 Å². The van der Waals surface area contributed by atoms with Gasteiger partial charge in [0.05, 0.1) is 18.7 Å². The molecule has 2 aliphatic heterocycles. The molecule has 2 saturated heterocycles. The van der Waals surface area contributed by atoms with E-state index in [0.29, 0.717) is 19.8 Å². The summed E-state index contributed by atoms with van der Waals surface area (Å²) >= 11 is 0. The molecule has 1 aromatic carbocycles. The van der Waals surface area contributed by atoms with Crippen LogP contribution in [0.4, 0.5) is 10.5 Å². The molecule has 2 fully saturated rings. The van der Waals surface area contributed by atoms with Crippen molar-refractivity contribution in [2.75, 3.05) is 24.7 Å². The molecule has 2 heterocycles. The van der Waals surface area contributed by atoms with Gasteiger partial charge in [0, 0.05) is 12.3 Å². The third-order valence-electron chi connectivity index (χ3n) is 3.34. The number of ether oxygens (including phenoxy) is 1. The van der Waals surface area contributed by atoms with E-state index in [0.717, 1.165) is 12.1 Å². The Bertz CT molecular complexity index is 438. The summed E-state index contributed by atoms with van der Waals surface area (Å²) in [7, 11) is 0. The molecule has 17 heavy (non-hydrogen) atoms. The first-order chi connectivity index (χ1) is 8.19. The number of carbonyl (C=O) groups is 1. The van der Waals surface area contributed by atoms with Gasteiger partial charge in [-0.15, -0.1) is 0 Å². The molecule has 1 unspecified atom stereocenters. The highest BCUT2D eigenvalue weighted by Gasteiger charge is 2.45. The van der Waals surface area contributed by atoms with Gasteiger partial charge in [-0.25, -0.2) is 4.79 Å². The van der Waals surface area contributed by atoms with E-state index < -0.39 is 0 Å². The van der Waals surface area contributed by atoms with E-state index in [4.69, 9.17) is 4.74 Å². The van der Waals surface area contributed by atoms with Gasteiger partial charge in [0.25, 0.3) is 0 Å². The van der Waals surface area contributed by atoms with Crippen molar-refractivity contribution in [2.24, 2.45) is 0 Å². The van der Waals surface area contributed by atoms with Gasteiger partial charge in [0.2, 0.25) is 0 Å². The lowest BCUT2D eigenvalue weighted by molar-refractivity contribution is 0.176. The summed E-state index contributed by atoms with van der Waals surface area (Å²) in [4.78, 5) is 13.6. The molecular formula is C12H14N2O3. The fourth-order valence-corrected chi connectivity index (χ4v) is 2.38. The van der Waals surface area contributed by atoms with Gasteiger partial charge >= 0.3 is 6.03 Å². The zero-order valence-electron chi connectivity index (χ0n) is 9.35. The molecule has 5 heteroatoms. The Labute approximate surface area is 99.0 Å². The summed E-state index contributed by atoms with van der Waals surface area (Å²) in [6, 6.07) is 6.55. The molecule has 90 valence electrons. The van der Waals surface area contributed by atoms with Gasteiger partial charge < -0.3 is 15.2 Å². The number of benzene rings is 1. The minimum absolute atomic E-state index is 0.0961. The summed E-state index contributed by atoms with van der Waals surface area (Å²) in [5.74, 6) is 0.201. The van der Waals surface area contributed by atoms with Crippen molar-refractivity contribution < 1.29 is 14.6 Å². The summed E-state index contributed by atoms with van der Waals surface area (Å²) in [6.07, 6.45) is 0.854. The van der Waals surface area contributed by atoms with E-state index in [1.54, 1.807) is 29.2 Å². The van der Waals surface area contributed by atoms with Crippen LogP contribution >= 0.6 is 0 Å². The second kappa shape index (κ2) is 3.63. The zero-order chi connectivity index (χ0) is 11.9. The van der Waals surface area contributed by atoms with E-state index in [2.05, 4.69) is 5.32 Å². The molecule has 3 rings (SSSR count). The van der Waals surface area contributed by atoms with Crippen LogP contribution < -0.4 is 10.2 Å². The molecule has 0 radical (unpaired) electrons. The molecule has 5 nitrogen and oxygen atoms in total. The van der Waals surface area contributed by atoms with Crippen LogP contribution in [0.3, 0.4) is 0 Å². The second-order valence-corrected chi connectivity index (χ2v) is 4.62. The fourth-order valence-electron chi connectivity index (χ4n) is 2.38. The molecular weight excluding hydrogens is 220 g/mol. The Hall–Kier alpha value is -1.75. The smallest absolute Gasteiger partial charge is 0.322 e. The van der Waals surface area contributed by atoms with Crippen LogP contribution in [0, 0.1) is 0 Å². The Kier molecular flexibility index (Phi) is 2.22. The standard InChI is InChI=1S/C12H14N2O3/c15-10-3-1-9(2-4-10)14-7-12(13-11(14)16)5-6-17-8-12/h1-4,15H,5-8H2,(H,13,16). The number of carbonyl (C=O) groups excluding carboxylic acids is 1. The number of phenols is 1. The second-order valence-electron chi connectivity index (χ2n) is 4.62. The third-order valence-corrected chi connectivity index (χ3v) is 3.34. The summed E-state index contributed by atoms with van der Waals surface area (Å²) in [6.45, 7) is 1.90. The molecule has 2 aliphatic rings. The maximum atomic E-state index is 11.9. The Morgan fingerprint density at radius 2 is 2.12 bits per heavy atom. The number of anilines is 1. The number of hydrogen-bond acceptors (Lipinski definition) is 3. The Morgan fingerprint density at radius 3 is 2.76 bits per heavy atom. The van der Waals surface area contributed by atoms with E-state index in [1.165, 1.54) is 0 Å². The van der Waals surface area contributed by atoms with Crippen molar-refractivity contribution in [1.29, 1.82) is 0 Å². The van der Waals surface area contributed by atoms with E-state index in [-0.39, 0.29) is 17.3 Å². The van der Waals surface area contributed by atoms with Crippen molar-refractivity contribution in [3.63, 3.8) is 0 Å². The number of hydrogen-bond donors (Lipinski definition) is 2. The highest BCUT2D eigenvalue weighted by molar-refractivity contribution is 5.95. The number of nitrogens with one attached hydrogen (secondary N) is 1. The van der Waals surface area contributed by atoms with E-state index in [1.807, 2.05) is 0 Å². The van der Waals surface area contributed by atoms with Crippen molar-refractivity contribution in [2.45, 2.75) is 12.0 Å². The number of nitrogens with zero attached hydrogens (tertiary/aromatic N) is 1. The molecule has 0 saturated carbocycles. The van der Waals surface area contributed by atoms with Crippen LogP contribution in [-0.4, -0.2) is 36.4 Å². The van der Waals surface area contributed by atoms with E-state index in [9.17, 15) is 9.90 Å². The first-order valence-electron chi connectivity index (χ1n) is 5.65. The number of aromatic hydroxyl groups is 1. The van der Waals surface area contributed by atoms with Crippen LogP contribution in [0.15, 0.2) is 24.3 Å². The lowest BCUT2D eigenvalue weighted by Gasteiger charge is -2.20. The summed E-state index contributed by atoms with van der Waals surface area (Å²) in [5.41, 5.74) is 0.568. The van der Waals surface area contributed by atoms with Crippen molar-refractivity contribution in [3.05, 3.63) is 24.3 Å². The van der Waals surface area contributed by atoms with Crippen molar-refractivity contribution in [3.8, 4) is 5.75 Å². The molecule has 0 aliphatic carbocycles. The number of rotatable bonds is 1. The minimum Gasteiger partial charge on any atom is -0.508 e. The van der Waals surface area contributed by atoms with Crippen molar-refractivity contribution >= 4 is 11.7 Å². The van der Waals surface area contributed by atoms with Gasteiger partial charge in [0.1, 0.15) is 5.75 Å². The first-order valence-corrected chi connectivity index (χ1v) is 5.65. The molecule has 1 spiro atoms. The SMILES string of the molecule is O=C1NC2(CCOC2)CN1c1ccc(O)cc1. The molecule has 2 N–H and O–H groups in total. The normalized spacial score (nSPS) is 27.8. The highest BCUT2D eigenvalue weighted by Crippen LogP contribution is 2.29. The number of amides is 2. The van der Waals surface area contributed by atoms with Crippen LogP contribution in [0.25, 0.3) is 0 Å². The topological polar surface area (TPSA) is 61.8 Å². The lowest BCUT2D eigenvalue weighted by Crippen LogP contribution is -2.43. The molecule has 1 aromatic rings. The molecule has 0 aromatic heterocycles. The average Bonchev–Trinajstić information content (AvgIpc) is 2.88. The van der Waals surface area contributed by atoms with Crippen LogP contribution in [0.1, 0.15) is 6.42 Å². The van der Waals surface area contributed by atoms with Crippen LogP contribution in [0.5, 0.6) is 5.75 Å². The molecule has 1 atom stereocenters. The van der Waals surface area contributed by atoms with Gasteiger partial charge in [-0.2, -0.15) is 0 Å². The third kappa shape index (κ3) is 1.72. The number of urea groups is 1. The summed E-state index contributed by atoms with van der Waals surface area (Å²) < 4.78 is 5.35. The fraction of sp³-hybridized carbons (Fsp3) is 0.417. The van der Waals surface area contributed by atoms with Crippen LogP contribution in [0.2, 0.25) is 0 Å². The highest BCUT2D eigenvalue weighted by atomic mass is 16.5. The maximum absolute atomic E-state index is 11.9. The van der Waals surface area contributed by atoms with Gasteiger partial charge in [0.15, 0.2) is 0 Å². The first kappa shape index (κ1) is 10.4. The zero-order valence-corrected chi connectivity index (χ0v) is 9.35. The predicted octanol–water partition coefficient (Wildman–Crippen LogP) is 1.08. The van der Waals surface area contributed by atoms with Gasteiger partial charge in [-0.05, 0) is 30.7 Å². The quantitative estimate of drug-likeness (QED) is 0.764. The van der Waals surface area contributed by atoms with E-state index >= 15 is 0 Å². The van der Waals surface area contributed by atoms with Gasteiger partial charge in [-0.1, -0.05) is 0 Å². The Morgan fingerprint density at radius 1 is 1.35 bits per heavy atom. The minimum atomic E-state index is -0.227. The summed E-state index contributed by atoms with van der Waals surface area (Å²) in [5, 5.41) is 12.2.